The quantitative estimate of drug-likeness (QED) is 0.846. The van der Waals surface area contributed by atoms with Crippen molar-refractivity contribution in [3.8, 4) is 0 Å². The Labute approximate surface area is 107 Å². The van der Waals surface area contributed by atoms with Gasteiger partial charge in [-0.25, -0.2) is 0 Å². The molecule has 0 saturated carbocycles. The van der Waals surface area contributed by atoms with Crippen LogP contribution in [0.5, 0.6) is 0 Å². The first kappa shape index (κ1) is 12.8. The average molecular weight is 256 g/mol. The molecule has 1 aliphatic heterocycles. The minimum atomic E-state index is -0.550. The van der Waals surface area contributed by atoms with E-state index in [4.69, 9.17) is 16.3 Å². The molecule has 1 aromatic rings. The number of hydrogen-bond donors (Lipinski definition) is 2. The monoisotopic (exact) mass is 255 g/mol. The van der Waals surface area contributed by atoms with Crippen molar-refractivity contribution in [1.82, 2.24) is 5.32 Å². The molecule has 1 fully saturated rings. The molecule has 3 nitrogen and oxygen atoms in total. The fourth-order valence-corrected chi connectivity index (χ4v) is 2.29. The SMILES string of the molecule is OC(CNCC1CCOC1)c1ccccc1Cl. The van der Waals surface area contributed by atoms with Gasteiger partial charge in [-0.05, 0) is 18.4 Å². The largest absolute Gasteiger partial charge is 0.387 e. The third-order valence-electron chi connectivity index (χ3n) is 3.06. The lowest BCUT2D eigenvalue weighted by Gasteiger charge is -2.15. The molecule has 4 heteroatoms. The molecule has 0 bridgehead atoms. The fourth-order valence-electron chi connectivity index (χ4n) is 2.02. The Morgan fingerprint density at radius 3 is 3.00 bits per heavy atom. The van der Waals surface area contributed by atoms with E-state index < -0.39 is 6.10 Å². The van der Waals surface area contributed by atoms with Crippen LogP contribution in [-0.2, 0) is 4.74 Å². The Morgan fingerprint density at radius 2 is 2.29 bits per heavy atom. The van der Waals surface area contributed by atoms with Crippen LogP contribution in [0, 0.1) is 5.92 Å². The highest BCUT2D eigenvalue weighted by molar-refractivity contribution is 6.31. The molecule has 2 unspecified atom stereocenters. The van der Waals surface area contributed by atoms with Crippen LogP contribution in [0.25, 0.3) is 0 Å². The summed E-state index contributed by atoms with van der Waals surface area (Å²) in [4.78, 5) is 0. The second-order valence-electron chi connectivity index (χ2n) is 4.43. The zero-order chi connectivity index (χ0) is 12.1. The lowest BCUT2D eigenvalue weighted by molar-refractivity contribution is 0.167. The predicted octanol–water partition coefficient (Wildman–Crippen LogP) is 2.00. The van der Waals surface area contributed by atoms with Crippen molar-refractivity contribution in [2.75, 3.05) is 26.3 Å². The van der Waals surface area contributed by atoms with Gasteiger partial charge < -0.3 is 15.2 Å². The molecule has 1 aromatic carbocycles. The standard InChI is InChI=1S/C13H18ClNO2/c14-12-4-2-1-3-11(12)13(16)8-15-7-10-5-6-17-9-10/h1-4,10,13,15-16H,5-9H2. The molecular weight excluding hydrogens is 238 g/mol. The van der Waals surface area contributed by atoms with Gasteiger partial charge in [-0.15, -0.1) is 0 Å². The van der Waals surface area contributed by atoms with Gasteiger partial charge in [-0.3, -0.25) is 0 Å². The van der Waals surface area contributed by atoms with Gasteiger partial charge in [0, 0.05) is 30.3 Å². The van der Waals surface area contributed by atoms with Crippen LogP contribution < -0.4 is 5.32 Å². The molecule has 0 spiro atoms. The molecule has 0 aliphatic carbocycles. The molecule has 1 heterocycles. The van der Waals surface area contributed by atoms with Crippen LogP contribution in [-0.4, -0.2) is 31.4 Å². The highest BCUT2D eigenvalue weighted by atomic mass is 35.5. The summed E-state index contributed by atoms with van der Waals surface area (Å²) in [7, 11) is 0. The third kappa shape index (κ3) is 3.68. The van der Waals surface area contributed by atoms with Crippen LogP contribution in [0.1, 0.15) is 18.1 Å². The lowest BCUT2D eigenvalue weighted by Crippen LogP contribution is -2.27. The van der Waals surface area contributed by atoms with Gasteiger partial charge in [0.1, 0.15) is 0 Å². The Balaban J connectivity index is 1.77. The summed E-state index contributed by atoms with van der Waals surface area (Å²) < 4.78 is 5.29. The number of benzene rings is 1. The molecule has 0 amide bonds. The van der Waals surface area contributed by atoms with E-state index in [0.29, 0.717) is 17.5 Å². The van der Waals surface area contributed by atoms with E-state index in [2.05, 4.69) is 5.32 Å². The number of ether oxygens (including phenoxy) is 1. The smallest absolute Gasteiger partial charge is 0.0928 e. The summed E-state index contributed by atoms with van der Waals surface area (Å²) >= 11 is 6.02. The number of rotatable bonds is 5. The number of aliphatic hydroxyl groups excluding tert-OH is 1. The maximum atomic E-state index is 10.00. The van der Waals surface area contributed by atoms with Crippen molar-refractivity contribution < 1.29 is 9.84 Å². The van der Waals surface area contributed by atoms with E-state index in [1.165, 1.54) is 0 Å². The van der Waals surface area contributed by atoms with E-state index >= 15 is 0 Å². The minimum Gasteiger partial charge on any atom is -0.387 e. The summed E-state index contributed by atoms with van der Waals surface area (Å²) in [6.07, 6.45) is 0.556. The Morgan fingerprint density at radius 1 is 1.47 bits per heavy atom. The molecule has 1 saturated heterocycles. The van der Waals surface area contributed by atoms with E-state index in [-0.39, 0.29) is 0 Å². The fraction of sp³-hybridized carbons (Fsp3) is 0.538. The van der Waals surface area contributed by atoms with Crippen molar-refractivity contribution >= 4 is 11.6 Å². The number of nitrogens with one attached hydrogen (secondary N) is 1. The molecular formula is C13H18ClNO2. The van der Waals surface area contributed by atoms with Crippen molar-refractivity contribution in [1.29, 1.82) is 0 Å². The second kappa shape index (κ2) is 6.36. The Bertz CT molecular complexity index is 353. The topological polar surface area (TPSA) is 41.5 Å². The van der Waals surface area contributed by atoms with Crippen LogP contribution in [0.2, 0.25) is 5.02 Å². The van der Waals surface area contributed by atoms with Crippen LogP contribution >= 0.6 is 11.6 Å². The van der Waals surface area contributed by atoms with Gasteiger partial charge in [-0.2, -0.15) is 0 Å². The summed E-state index contributed by atoms with van der Waals surface area (Å²) in [5.74, 6) is 0.577. The first-order valence-electron chi connectivity index (χ1n) is 5.98. The van der Waals surface area contributed by atoms with Crippen molar-refractivity contribution in [3.63, 3.8) is 0 Å². The maximum absolute atomic E-state index is 10.00. The minimum absolute atomic E-state index is 0.528. The highest BCUT2D eigenvalue weighted by Crippen LogP contribution is 2.22. The van der Waals surface area contributed by atoms with Gasteiger partial charge in [0.15, 0.2) is 0 Å². The summed E-state index contributed by atoms with van der Waals surface area (Å²) in [6, 6.07) is 7.40. The van der Waals surface area contributed by atoms with E-state index in [9.17, 15) is 5.11 Å². The molecule has 94 valence electrons. The zero-order valence-electron chi connectivity index (χ0n) is 9.73. The van der Waals surface area contributed by atoms with Gasteiger partial charge in [0.25, 0.3) is 0 Å². The highest BCUT2D eigenvalue weighted by Gasteiger charge is 2.16. The summed E-state index contributed by atoms with van der Waals surface area (Å²) in [6.45, 7) is 3.11. The van der Waals surface area contributed by atoms with Crippen molar-refractivity contribution in [3.05, 3.63) is 34.9 Å². The normalized spacial score (nSPS) is 21.6. The van der Waals surface area contributed by atoms with E-state index in [1.807, 2.05) is 18.2 Å². The molecule has 2 rings (SSSR count). The van der Waals surface area contributed by atoms with Crippen LogP contribution in [0.4, 0.5) is 0 Å². The predicted molar refractivity (Wildman–Crippen MR) is 68.2 cm³/mol. The average Bonchev–Trinajstić information content (AvgIpc) is 2.82. The third-order valence-corrected chi connectivity index (χ3v) is 3.40. The van der Waals surface area contributed by atoms with Gasteiger partial charge in [0.05, 0.1) is 12.7 Å². The maximum Gasteiger partial charge on any atom is 0.0928 e. The van der Waals surface area contributed by atoms with Crippen LogP contribution in [0.3, 0.4) is 0 Å². The van der Waals surface area contributed by atoms with E-state index in [0.717, 1.165) is 31.7 Å². The van der Waals surface area contributed by atoms with Gasteiger partial charge in [0.2, 0.25) is 0 Å². The number of hydrogen-bond acceptors (Lipinski definition) is 3. The van der Waals surface area contributed by atoms with E-state index in [1.54, 1.807) is 6.07 Å². The number of aliphatic hydroxyl groups is 1. The number of halogens is 1. The van der Waals surface area contributed by atoms with Crippen molar-refractivity contribution in [2.24, 2.45) is 5.92 Å². The van der Waals surface area contributed by atoms with Crippen molar-refractivity contribution in [2.45, 2.75) is 12.5 Å². The summed E-state index contributed by atoms with van der Waals surface area (Å²) in [5.41, 5.74) is 0.782. The van der Waals surface area contributed by atoms with Gasteiger partial charge in [-0.1, -0.05) is 29.8 Å². The Hall–Kier alpha value is -0.610. The molecule has 2 atom stereocenters. The second-order valence-corrected chi connectivity index (χ2v) is 4.83. The van der Waals surface area contributed by atoms with Gasteiger partial charge >= 0.3 is 0 Å². The summed E-state index contributed by atoms with van der Waals surface area (Å²) in [5, 5.41) is 13.9. The zero-order valence-corrected chi connectivity index (χ0v) is 10.5. The van der Waals surface area contributed by atoms with Crippen LogP contribution in [0.15, 0.2) is 24.3 Å². The first-order valence-corrected chi connectivity index (χ1v) is 6.36. The molecule has 2 N–H and O–H groups in total. The first-order chi connectivity index (χ1) is 8.27. The molecule has 17 heavy (non-hydrogen) atoms. The molecule has 0 aromatic heterocycles. The molecule has 0 radical (unpaired) electrons. The Kier molecular flexibility index (Phi) is 4.80. The lowest BCUT2D eigenvalue weighted by atomic mass is 10.1. The molecule has 1 aliphatic rings.